The molecule has 0 unspecified atom stereocenters. The molecule has 0 heterocycles. The molecule has 0 atom stereocenters. The third kappa shape index (κ3) is 8.93. The maximum absolute atomic E-state index is 11.2. The predicted molar refractivity (Wildman–Crippen MR) is 95.9 cm³/mol. The van der Waals surface area contributed by atoms with Crippen LogP contribution in [0.15, 0.2) is 42.5 Å². The Morgan fingerprint density at radius 1 is 1.00 bits per heavy atom. The fourth-order valence-corrected chi connectivity index (χ4v) is 1.92. The van der Waals surface area contributed by atoms with E-state index in [0.29, 0.717) is 18.8 Å². The number of rotatable bonds is 11. The maximum Gasteiger partial charge on any atom is 0.333 e. The summed E-state index contributed by atoms with van der Waals surface area (Å²) in [5, 5.41) is 0. The van der Waals surface area contributed by atoms with Crippen LogP contribution in [0, 0.1) is 0 Å². The Morgan fingerprint density at radius 3 is 2.21 bits per heavy atom. The van der Waals surface area contributed by atoms with Crippen LogP contribution in [0.2, 0.25) is 0 Å². The van der Waals surface area contributed by atoms with E-state index in [-0.39, 0.29) is 11.8 Å². The number of carbonyl (C=O) groups excluding carboxylic acids is 2. The van der Waals surface area contributed by atoms with Crippen molar-refractivity contribution in [1.29, 1.82) is 0 Å². The summed E-state index contributed by atoms with van der Waals surface area (Å²) in [4.78, 5) is 22.0. The molecule has 0 aliphatic carbocycles. The molecule has 130 valence electrons. The lowest BCUT2D eigenvalue weighted by atomic mass is 10.2. The minimum atomic E-state index is -0.320. The van der Waals surface area contributed by atoms with Gasteiger partial charge in [-0.25, -0.2) is 4.79 Å². The molecule has 1 aromatic rings. The van der Waals surface area contributed by atoms with Gasteiger partial charge in [0.25, 0.3) is 0 Å². The van der Waals surface area contributed by atoms with E-state index in [2.05, 4.69) is 6.58 Å². The Kier molecular flexibility index (Phi) is 9.20. The molecule has 0 bridgehead atoms. The summed E-state index contributed by atoms with van der Waals surface area (Å²) in [5.74, 6) is 0.537. The second-order valence-corrected chi connectivity index (χ2v) is 5.69. The van der Waals surface area contributed by atoms with Gasteiger partial charge in [0.05, 0.1) is 13.2 Å². The van der Waals surface area contributed by atoms with E-state index < -0.39 is 0 Å². The lowest BCUT2D eigenvalue weighted by Crippen LogP contribution is -2.06. The third-order valence-electron chi connectivity index (χ3n) is 3.28. The van der Waals surface area contributed by atoms with E-state index >= 15 is 0 Å². The zero-order valence-corrected chi connectivity index (χ0v) is 14.5. The molecule has 4 heteroatoms. The first-order valence-electron chi connectivity index (χ1n) is 8.23. The van der Waals surface area contributed by atoms with E-state index in [9.17, 15) is 9.59 Å². The van der Waals surface area contributed by atoms with Crippen LogP contribution in [0.25, 0.3) is 6.08 Å². The summed E-state index contributed by atoms with van der Waals surface area (Å²) in [6, 6.07) is 7.64. The van der Waals surface area contributed by atoms with Crippen molar-refractivity contribution in [3.05, 3.63) is 48.1 Å². The van der Waals surface area contributed by atoms with Crippen LogP contribution in [0.5, 0.6) is 5.75 Å². The molecule has 0 spiro atoms. The second kappa shape index (κ2) is 11.2. The average molecular weight is 330 g/mol. The van der Waals surface area contributed by atoms with Crippen LogP contribution < -0.4 is 4.74 Å². The van der Waals surface area contributed by atoms with Crippen LogP contribution in [0.4, 0.5) is 0 Å². The molecular weight excluding hydrogens is 304 g/mol. The van der Waals surface area contributed by atoms with E-state index in [1.54, 1.807) is 19.1 Å². The monoisotopic (exact) mass is 330 g/mol. The van der Waals surface area contributed by atoms with Gasteiger partial charge in [-0.2, -0.15) is 0 Å². The fourth-order valence-electron chi connectivity index (χ4n) is 1.92. The number of ketones is 1. The molecule has 1 rings (SSSR count). The van der Waals surface area contributed by atoms with Crippen molar-refractivity contribution in [2.24, 2.45) is 0 Å². The largest absolute Gasteiger partial charge is 0.494 e. The molecule has 0 amide bonds. The van der Waals surface area contributed by atoms with Crippen LogP contribution in [0.1, 0.15) is 45.1 Å². The van der Waals surface area contributed by atoms with E-state index in [0.717, 1.165) is 37.0 Å². The Morgan fingerprint density at radius 2 is 1.62 bits per heavy atom. The molecule has 0 radical (unpaired) electrons. The third-order valence-corrected chi connectivity index (χ3v) is 3.28. The highest BCUT2D eigenvalue weighted by atomic mass is 16.5. The molecule has 0 saturated heterocycles. The number of esters is 1. The molecule has 1 aromatic carbocycles. The smallest absolute Gasteiger partial charge is 0.333 e. The Labute approximate surface area is 144 Å². The predicted octanol–water partition coefficient (Wildman–Crippen LogP) is 4.35. The van der Waals surface area contributed by atoms with Crippen LogP contribution in [-0.4, -0.2) is 25.0 Å². The fraction of sp³-hybridized carbons (Fsp3) is 0.400. The van der Waals surface area contributed by atoms with Gasteiger partial charge in [0.15, 0.2) is 5.78 Å². The van der Waals surface area contributed by atoms with Gasteiger partial charge in [0.1, 0.15) is 5.75 Å². The number of hydrogen-bond donors (Lipinski definition) is 0. The molecule has 0 aliphatic heterocycles. The molecule has 0 aliphatic rings. The highest BCUT2D eigenvalue weighted by molar-refractivity contribution is 5.91. The first-order chi connectivity index (χ1) is 11.5. The summed E-state index contributed by atoms with van der Waals surface area (Å²) in [7, 11) is 0. The van der Waals surface area contributed by atoms with E-state index in [1.165, 1.54) is 6.92 Å². The van der Waals surface area contributed by atoms with Gasteiger partial charge in [-0.15, -0.1) is 0 Å². The molecule has 0 aromatic heterocycles. The van der Waals surface area contributed by atoms with Crippen LogP contribution in [-0.2, 0) is 14.3 Å². The maximum atomic E-state index is 11.2. The molecule has 0 fully saturated rings. The lowest BCUT2D eigenvalue weighted by Gasteiger charge is -2.07. The number of carbonyl (C=O) groups is 2. The molecule has 0 N–H and O–H groups in total. The summed E-state index contributed by atoms with van der Waals surface area (Å²) in [5.41, 5.74) is 1.41. The van der Waals surface area contributed by atoms with Crippen LogP contribution >= 0.6 is 0 Å². The standard InChI is InChI=1S/C20H26O4/c1-16(2)20(22)24-15-7-5-4-6-14-23-19-12-10-18(11-13-19)9-8-17(3)21/h8-13H,1,4-7,14-15H2,2-3H3/b9-8+. The number of allylic oxidation sites excluding steroid dienone is 1. The highest BCUT2D eigenvalue weighted by Gasteiger charge is 2.01. The van der Waals surface area contributed by atoms with Crippen molar-refractivity contribution >= 4 is 17.8 Å². The Balaban J connectivity index is 2.10. The number of ether oxygens (including phenoxy) is 2. The van der Waals surface area contributed by atoms with Crippen molar-refractivity contribution < 1.29 is 19.1 Å². The summed E-state index contributed by atoms with van der Waals surface area (Å²) < 4.78 is 10.7. The SMILES string of the molecule is C=C(C)C(=O)OCCCCCCOc1ccc(/C=C/C(C)=O)cc1. The molecular formula is C20H26O4. The van der Waals surface area contributed by atoms with Crippen LogP contribution in [0.3, 0.4) is 0 Å². The van der Waals surface area contributed by atoms with Crippen molar-refractivity contribution in [2.75, 3.05) is 13.2 Å². The lowest BCUT2D eigenvalue weighted by molar-refractivity contribution is -0.139. The van der Waals surface area contributed by atoms with Gasteiger partial charge in [0, 0.05) is 5.57 Å². The molecule has 24 heavy (non-hydrogen) atoms. The number of hydrogen-bond acceptors (Lipinski definition) is 4. The van der Waals surface area contributed by atoms with Gasteiger partial charge in [0.2, 0.25) is 0 Å². The number of unbranched alkanes of at least 4 members (excludes halogenated alkanes) is 3. The van der Waals surface area contributed by atoms with Crippen molar-refractivity contribution in [2.45, 2.75) is 39.5 Å². The average Bonchev–Trinajstić information content (AvgIpc) is 2.56. The van der Waals surface area contributed by atoms with Gasteiger partial charge < -0.3 is 9.47 Å². The first-order valence-corrected chi connectivity index (χ1v) is 8.23. The summed E-state index contributed by atoms with van der Waals surface area (Å²) in [6.45, 7) is 7.81. The van der Waals surface area contributed by atoms with Crippen molar-refractivity contribution in [3.8, 4) is 5.75 Å². The van der Waals surface area contributed by atoms with Crippen molar-refractivity contribution in [3.63, 3.8) is 0 Å². The van der Waals surface area contributed by atoms with Gasteiger partial charge in [-0.05, 0) is 63.3 Å². The van der Waals surface area contributed by atoms with Crippen molar-refractivity contribution in [1.82, 2.24) is 0 Å². The van der Waals surface area contributed by atoms with Gasteiger partial charge in [-0.3, -0.25) is 4.79 Å². The van der Waals surface area contributed by atoms with Gasteiger partial charge in [-0.1, -0.05) is 24.8 Å². The topological polar surface area (TPSA) is 52.6 Å². The minimum absolute atomic E-state index is 0.0321. The van der Waals surface area contributed by atoms with E-state index in [1.807, 2.05) is 24.3 Å². The summed E-state index contributed by atoms with van der Waals surface area (Å²) in [6.07, 6.45) is 7.18. The second-order valence-electron chi connectivity index (χ2n) is 5.69. The zero-order valence-electron chi connectivity index (χ0n) is 14.5. The molecule has 0 saturated carbocycles. The zero-order chi connectivity index (χ0) is 17.8. The highest BCUT2D eigenvalue weighted by Crippen LogP contribution is 2.14. The number of benzene rings is 1. The summed E-state index contributed by atoms with van der Waals surface area (Å²) >= 11 is 0. The Hall–Kier alpha value is -2.36. The first kappa shape index (κ1) is 19.7. The normalized spacial score (nSPS) is 10.6. The molecule has 4 nitrogen and oxygen atoms in total. The minimum Gasteiger partial charge on any atom is -0.494 e. The van der Waals surface area contributed by atoms with E-state index in [4.69, 9.17) is 9.47 Å². The Bertz CT molecular complexity index is 570. The van der Waals surface area contributed by atoms with Gasteiger partial charge >= 0.3 is 5.97 Å². The quantitative estimate of drug-likeness (QED) is 0.344.